The number of rotatable bonds is 7. The van der Waals surface area contributed by atoms with E-state index in [0.29, 0.717) is 31.1 Å². The fourth-order valence-electron chi connectivity index (χ4n) is 6.20. The molecule has 2 aromatic heterocycles. The summed E-state index contributed by atoms with van der Waals surface area (Å²) < 4.78 is 21.2. The van der Waals surface area contributed by atoms with Gasteiger partial charge in [-0.05, 0) is 84.3 Å². The van der Waals surface area contributed by atoms with Gasteiger partial charge in [-0.2, -0.15) is 0 Å². The molecule has 10 heteroatoms. The predicted molar refractivity (Wildman–Crippen MR) is 161 cm³/mol. The number of carbonyl (C=O) groups is 2. The van der Waals surface area contributed by atoms with Crippen molar-refractivity contribution < 1.29 is 23.8 Å². The molecule has 2 aromatic carbocycles. The van der Waals surface area contributed by atoms with Crippen LogP contribution in [0, 0.1) is 5.82 Å². The van der Waals surface area contributed by atoms with Gasteiger partial charge in [-0.3, -0.25) is 4.79 Å². The number of aromatic amines is 1. The van der Waals surface area contributed by atoms with Crippen LogP contribution in [0.25, 0.3) is 27.7 Å². The highest BCUT2D eigenvalue weighted by molar-refractivity contribution is 6.64. The highest BCUT2D eigenvalue weighted by Gasteiger charge is 2.33. The summed E-state index contributed by atoms with van der Waals surface area (Å²) in [5.41, 5.74) is 6.38. The van der Waals surface area contributed by atoms with Crippen molar-refractivity contribution in [2.45, 2.75) is 31.8 Å². The summed E-state index contributed by atoms with van der Waals surface area (Å²) >= 11 is 0. The molecule has 0 bridgehead atoms. The highest BCUT2D eigenvalue weighted by atomic mass is 19.1. The van der Waals surface area contributed by atoms with Crippen molar-refractivity contribution in [2.24, 2.45) is 0 Å². The van der Waals surface area contributed by atoms with E-state index in [9.17, 15) is 14.7 Å². The first-order valence-corrected chi connectivity index (χ1v) is 14.4. The number of fused-ring (bicyclic) bond motifs is 2. The van der Waals surface area contributed by atoms with E-state index in [4.69, 9.17) is 4.74 Å². The van der Waals surface area contributed by atoms with Crippen molar-refractivity contribution in [3.63, 3.8) is 0 Å². The second-order valence-electron chi connectivity index (χ2n) is 11.1. The Labute approximate surface area is 243 Å². The number of hydrogen-bond acceptors (Lipinski definition) is 6. The average Bonchev–Trinajstić information content (AvgIpc) is 3.79. The molecular formula is C32H30BFN4O4. The molecule has 1 amide bonds. The molecule has 3 aliphatic rings. The Bertz CT molecular complexity index is 1750. The number of aliphatic hydroxyl groups is 1. The van der Waals surface area contributed by atoms with Gasteiger partial charge in [0.25, 0.3) is 13.3 Å². The maximum atomic E-state index is 15.3. The highest BCUT2D eigenvalue weighted by Crippen LogP contribution is 2.43. The molecule has 1 saturated carbocycles. The zero-order valence-electron chi connectivity index (χ0n) is 23.1. The first-order valence-electron chi connectivity index (χ1n) is 14.4. The molecule has 1 aliphatic carbocycles. The lowest BCUT2D eigenvalue weighted by molar-refractivity contribution is 0.0985. The van der Waals surface area contributed by atoms with E-state index in [1.54, 1.807) is 18.3 Å². The molecule has 4 aromatic rings. The van der Waals surface area contributed by atoms with Gasteiger partial charge in [-0.15, -0.1) is 0 Å². The van der Waals surface area contributed by atoms with Gasteiger partial charge in [0.1, 0.15) is 29.4 Å². The fourth-order valence-corrected chi connectivity index (χ4v) is 6.20. The molecule has 212 valence electrons. The molecule has 42 heavy (non-hydrogen) atoms. The molecule has 2 N–H and O–H groups in total. The van der Waals surface area contributed by atoms with Crippen LogP contribution < -0.4 is 9.64 Å². The molecule has 0 radical (unpaired) electrons. The van der Waals surface area contributed by atoms with Crippen LogP contribution in [-0.4, -0.2) is 65.6 Å². The maximum Gasteiger partial charge on any atom is 0.281 e. The SMILES string of the molecule is O=CBN1CC=C(c2cc3c(-c4cccc(N5CCOc6cc(C7CC7)cc(F)c6C5=O)c4CO)ccnc3[nH]2)CC1. The molecular weight excluding hydrogens is 534 g/mol. The minimum atomic E-state index is -0.574. The number of aliphatic hydroxyl groups excluding tert-OH is 1. The Morgan fingerprint density at radius 3 is 2.81 bits per heavy atom. The van der Waals surface area contributed by atoms with Crippen LogP contribution in [0.4, 0.5) is 10.1 Å². The monoisotopic (exact) mass is 564 g/mol. The summed E-state index contributed by atoms with van der Waals surface area (Å²) in [4.78, 5) is 36.3. The van der Waals surface area contributed by atoms with E-state index < -0.39 is 11.7 Å². The first-order chi connectivity index (χ1) is 20.6. The lowest BCUT2D eigenvalue weighted by Gasteiger charge is -2.24. The van der Waals surface area contributed by atoms with Gasteiger partial charge in [0, 0.05) is 29.4 Å². The number of hydrogen-bond donors (Lipinski definition) is 2. The second-order valence-corrected chi connectivity index (χ2v) is 11.1. The molecule has 7 rings (SSSR count). The zero-order chi connectivity index (χ0) is 28.8. The smallest absolute Gasteiger partial charge is 0.281 e. The molecule has 2 aliphatic heterocycles. The van der Waals surface area contributed by atoms with Crippen molar-refractivity contribution >= 4 is 41.8 Å². The van der Waals surface area contributed by atoms with Gasteiger partial charge in [0.15, 0.2) is 0 Å². The largest absolute Gasteiger partial charge is 0.491 e. The minimum Gasteiger partial charge on any atom is -0.491 e. The third kappa shape index (κ3) is 4.70. The topological polar surface area (TPSA) is 98.8 Å². The maximum absolute atomic E-state index is 15.3. The third-order valence-electron chi connectivity index (χ3n) is 8.55. The number of H-pyrrole nitrogens is 1. The molecule has 0 atom stereocenters. The van der Waals surface area contributed by atoms with Crippen molar-refractivity contribution in [2.75, 3.05) is 31.1 Å². The number of aromatic nitrogens is 2. The number of carbonyl (C=O) groups excluding carboxylic acids is 2. The van der Waals surface area contributed by atoms with Crippen molar-refractivity contribution in [3.05, 3.63) is 82.9 Å². The summed E-state index contributed by atoms with van der Waals surface area (Å²) in [6.07, 6.45) is 7.64. The predicted octanol–water partition coefficient (Wildman–Crippen LogP) is 4.41. The summed E-state index contributed by atoms with van der Waals surface area (Å²) in [6.45, 7) is 1.62. The van der Waals surface area contributed by atoms with Crippen LogP contribution in [0.3, 0.4) is 0 Å². The summed E-state index contributed by atoms with van der Waals surface area (Å²) in [7, 11) is 0.424. The van der Waals surface area contributed by atoms with Crippen LogP contribution in [-0.2, 0) is 11.4 Å². The Morgan fingerprint density at radius 2 is 2.05 bits per heavy atom. The molecule has 8 nitrogen and oxygen atoms in total. The van der Waals surface area contributed by atoms with Crippen LogP contribution in [0.5, 0.6) is 5.75 Å². The average molecular weight is 564 g/mol. The summed E-state index contributed by atoms with van der Waals surface area (Å²) in [5.74, 6) is -0.438. The van der Waals surface area contributed by atoms with E-state index in [0.717, 1.165) is 71.0 Å². The number of amides is 1. The Hall–Kier alpha value is -4.28. The Balaban J connectivity index is 1.27. The van der Waals surface area contributed by atoms with Gasteiger partial charge in [0.2, 0.25) is 0 Å². The third-order valence-corrected chi connectivity index (χ3v) is 8.55. The number of halogens is 1. The van der Waals surface area contributed by atoms with Gasteiger partial charge in [0.05, 0.1) is 25.0 Å². The van der Waals surface area contributed by atoms with E-state index >= 15 is 4.39 Å². The molecule has 0 unspecified atom stereocenters. The van der Waals surface area contributed by atoms with Crippen LogP contribution in [0.2, 0.25) is 0 Å². The van der Waals surface area contributed by atoms with E-state index in [1.807, 2.05) is 18.2 Å². The molecule has 4 heterocycles. The zero-order valence-corrected chi connectivity index (χ0v) is 23.1. The van der Waals surface area contributed by atoms with Gasteiger partial charge in [-0.1, -0.05) is 18.2 Å². The quantitative estimate of drug-likeness (QED) is 0.255. The lowest BCUT2D eigenvalue weighted by Crippen LogP contribution is -2.33. The van der Waals surface area contributed by atoms with Gasteiger partial charge in [-0.25, -0.2) is 9.37 Å². The van der Waals surface area contributed by atoms with Crippen LogP contribution in [0.1, 0.15) is 52.4 Å². The van der Waals surface area contributed by atoms with Gasteiger partial charge >= 0.3 is 0 Å². The summed E-state index contributed by atoms with van der Waals surface area (Å²) in [5, 5.41) is 11.5. The van der Waals surface area contributed by atoms with E-state index in [-0.39, 0.29) is 31.1 Å². The molecule has 1 fully saturated rings. The summed E-state index contributed by atoms with van der Waals surface area (Å²) in [6, 6.07) is 12.8. The Kier molecular flexibility index (Phi) is 6.88. The van der Waals surface area contributed by atoms with Crippen LogP contribution >= 0.6 is 0 Å². The Morgan fingerprint density at radius 1 is 1.17 bits per heavy atom. The number of benzene rings is 2. The fraction of sp³-hybridized carbons (Fsp3) is 0.281. The van der Waals surface area contributed by atoms with E-state index in [1.165, 1.54) is 11.0 Å². The van der Waals surface area contributed by atoms with E-state index in [2.05, 4.69) is 26.9 Å². The lowest BCUT2D eigenvalue weighted by atomic mass is 9.90. The van der Waals surface area contributed by atoms with Crippen molar-refractivity contribution in [1.29, 1.82) is 0 Å². The molecule has 0 saturated heterocycles. The van der Waals surface area contributed by atoms with Crippen molar-refractivity contribution in [3.8, 4) is 16.9 Å². The van der Waals surface area contributed by atoms with Crippen LogP contribution in [0.15, 0.2) is 54.7 Å². The van der Waals surface area contributed by atoms with Gasteiger partial charge < -0.3 is 29.3 Å². The number of ether oxygens (including phenoxy) is 1. The van der Waals surface area contributed by atoms with Crippen molar-refractivity contribution in [1.82, 2.24) is 14.8 Å². The molecule has 0 spiro atoms. The number of pyridine rings is 1. The normalized spacial score (nSPS) is 17.4. The standard InChI is InChI=1S/C32H30BFN4O4/c34-26-14-21(19-4-5-19)15-29-30(26)32(41)38(12-13-42-29)28-3-1-2-22(25(28)17-39)23-6-9-35-31-24(23)16-27(36-31)20-7-10-37(11-8-20)33-18-40/h1-3,6-7,9,14-16,18-19,33,39H,4-5,8,10-13,17H2,(H,35,36). The first kappa shape index (κ1) is 26.6. The second kappa shape index (κ2) is 10.9. The minimum absolute atomic E-state index is 0.0692. The number of nitrogens with one attached hydrogen (secondary N) is 1. The number of nitrogens with zero attached hydrogens (tertiary/aromatic N) is 3. The number of anilines is 1.